The SMILES string of the molecule is COc1cc(/C=C2\C(=O)NC(=O)N(c3ccc(C)cc3)C2=O)ccc1OCc1ccc2c(c1)OCO2. The molecule has 0 aliphatic carbocycles. The average Bonchev–Trinajstić information content (AvgIpc) is 3.34. The van der Waals surface area contributed by atoms with Crippen LogP contribution < -0.4 is 29.2 Å². The number of nitrogens with one attached hydrogen (secondary N) is 1. The topological polar surface area (TPSA) is 103 Å². The fraction of sp³-hybridized carbons (Fsp3) is 0.148. The largest absolute Gasteiger partial charge is 0.493 e. The van der Waals surface area contributed by atoms with E-state index in [-0.39, 0.29) is 19.0 Å². The number of barbiturate groups is 1. The predicted molar refractivity (Wildman–Crippen MR) is 130 cm³/mol. The molecule has 182 valence electrons. The van der Waals surface area contributed by atoms with Crippen LogP contribution >= 0.6 is 0 Å². The van der Waals surface area contributed by atoms with Gasteiger partial charge in [0.1, 0.15) is 12.2 Å². The van der Waals surface area contributed by atoms with Crippen LogP contribution in [0.1, 0.15) is 16.7 Å². The molecule has 3 aromatic carbocycles. The number of benzene rings is 3. The number of imide groups is 2. The summed E-state index contributed by atoms with van der Waals surface area (Å²) in [5, 5.41) is 2.22. The Kier molecular flexibility index (Phi) is 6.03. The third-order valence-electron chi connectivity index (χ3n) is 5.72. The minimum absolute atomic E-state index is 0.175. The highest BCUT2D eigenvalue weighted by molar-refractivity contribution is 6.39. The van der Waals surface area contributed by atoms with Crippen LogP contribution in [-0.2, 0) is 16.2 Å². The number of carbonyl (C=O) groups is 3. The van der Waals surface area contributed by atoms with Gasteiger partial charge in [-0.2, -0.15) is 0 Å². The number of aryl methyl sites for hydroxylation is 1. The number of urea groups is 1. The van der Waals surface area contributed by atoms with E-state index in [1.54, 1.807) is 42.5 Å². The molecular formula is C27H22N2O7. The Morgan fingerprint density at radius 1 is 0.944 bits per heavy atom. The highest BCUT2D eigenvalue weighted by Gasteiger charge is 2.36. The summed E-state index contributed by atoms with van der Waals surface area (Å²) >= 11 is 0. The minimum Gasteiger partial charge on any atom is -0.493 e. The fourth-order valence-electron chi connectivity index (χ4n) is 3.84. The van der Waals surface area contributed by atoms with E-state index < -0.39 is 17.8 Å². The highest BCUT2D eigenvalue weighted by atomic mass is 16.7. The molecule has 0 atom stereocenters. The van der Waals surface area contributed by atoms with Crippen molar-refractivity contribution in [3.63, 3.8) is 0 Å². The fourth-order valence-corrected chi connectivity index (χ4v) is 3.84. The Balaban J connectivity index is 1.37. The van der Waals surface area contributed by atoms with Gasteiger partial charge in [-0.25, -0.2) is 9.69 Å². The summed E-state index contributed by atoms with van der Waals surface area (Å²) in [6.45, 7) is 2.36. The number of hydrogen-bond donors (Lipinski definition) is 1. The van der Waals surface area contributed by atoms with E-state index in [1.165, 1.54) is 13.2 Å². The van der Waals surface area contributed by atoms with Crippen molar-refractivity contribution in [2.24, 2.45) is 0 Å². The highest BCUT2D eigenvalue weighted by Crippen LogP contribution is 2.34. The van der Waals surface area contributed by atoms with Gasteiger partial charge >= 0.3 is 6.03 Å². The smallest absolute Gasteiger partial charge is 0.335 e. The molecule has 5 rings (SSSR count). The summed E-state index contributed by atoms with van der Waals surface area (Å²) in [4.78, 5) is 38.9. The third-order valence-corrected chi connectivity index (χ3v) is 5.72. The van der Waals surface area contributed by atoms with E-state index in [4.69, 9.17) is 18.9 Å². The Labute approximate surface area is 206 Å². The molecule has 4 amide bonds. The van der Waals surface area contributed by atoms with E-state index in [1.807, 2.05) is 25.1 Å². The quantitative estimate of drug-likeness (QED) is 0.415. The van der Waals surface area contributed by atoms with Crippen LogP contribution in [0, 0.1) is 6.92 Å². The van der Waals surface area contributed by atoms with Crippen LogP contribution in [0.25, 0.3) is 6.08 Å². The number of anilines is 1. The molecule has 2 heterocycles. The molecular weight excluding hydrogens is 464 g/mol. The zero-order valence-electron chi connectivity index (χ0n) is 19.6. The number of carbonyl (C=O) groups excluding carboxylic acids is 3. The van der Waals surface area contributed by atoms with Crippen molar-refractivity contribution in [1.29, 1.82) is 0 Å². The normalized spacial score (nSPS) is 15.8. The lowest BCUT2D eigenvalue weighted by Gasteiger charge is -2.26. The van der Waals surface area contributed by atoms with Gasteiger partial charge in [0, 0.05) is 0 Å². The molecule has 1 saturated heterocycles. The van der Waals surface area contributed by atoms with E-state index in [9.17, 15) is 14.4 Å². The molecule has 9 nitrogen and oxygen atoms in total. The zero-order chi connectivity index (χ0) is 25.2. The summed E-state index contributed by atoms with van der Waals surface area (Å²) < 4.78 is 22.1. The lowest BCUT2D eigenvalue weighted by atomic mass is 10.1. The van der Waals surface area contributed by atoms with Gasteiger partial charge in [0.2, 0.25) is 6.79 Å². The maximum absolute atomic E-state index is 13.1. The lowest BCUT2D eigenvalue weighted by molar-refractivity contribution is -0.122. The van der Waals surface area contributed by atoms with Crippen molar-refractivity contribution in [3.05, 3.63) is 82.9 Å². The molecule has 1 fully saturated rings. The predicted octanol–water partition coefficient (Wildman–Crippen LogP) is 3.98. The van der Waals surface area contributed by atoms with E-state index in [0.29, 0.717) is 34.2 Å². The number of amides is 4. The first kappa shape index (κ1) is 23.0. The van der Waals surface area contributed by atoms with E-state index in [2.05, 4.69) is 5.32 Å². The molecule has 0 radical (unpaired) electrons. The second-order valence-electron chi connectivity index (χ2n) is 8.18. The summed E-state index contributed by atoms with van der Waals surface area (Å²) in [5.41, 5.74) is 2.58. The first-order valence-corrected chi connectivity index (χ1v) is 11.1. The van der Waals surface area contributed by atoms with Crippen LogP contribution in [0.15, 0.2) is 66.2 Å². The Morgan fingerprint density at radius 2 is 1.72 bits per heavy atom. The first-order valence-electron chi connectivity index (χ1n) is 11.1. The van der Waals surface area contributed by atoms with Crippen LogP contribution in [-0.4, -0.2) is 31.7 Å². The molecule has 3 aromatic rings. The minimum atomic E-state index is -0.796. The van der Waals surface area contributed by atoms with Crippen LogP contribution in [0.4, 0.5) is 10.5 Å². The zero-order valence-corrected chi connectivity index (χ0v) is 19.6. The van der Waals surface area contributed by atoms with Crippen molar-refractivity contribution >= 4 is 29.6 Å². The number of rotatable bonds is 6. The van der Waals surface area contributed by atoms with Gasteiger partial charge in [-0.1, -0.05) is 29.8 Å². The van der Waals surface area contributed by atoms with Crippen LogP contribution in [0.2, 0.25) is 0 Å². The Hall–Kier alpha value is -4.79. The van der Waals surface area contributed by atoms with Crippen LogP contribution in [0.5, 0.6) is 23.0 Å². The van der Waals surface area contributed by atoms with E-state index in [0.717, 1.165) is 16.0 Å². The molecule has 0 saturated carbocycles. The second kappa shape index (κ2) is 9.46. The molecule has 2 aliphatic rings. The Morgan fingerprint density at radius 3 is 2.50 bits per heavy atom. The first-order chi connectivity index (χ1) is 17.4. The third kappa shape index (κ3) is 4.46. The monoisotopic (exact) mass is 486 g/mol. The van der Waals surface area contributed by atoms with Gasteiger partial charge < -0.3 is 18.9 Å². The summed E-state index contributed by atoms with van der Waals surface area (Å²) in [7, 11) is 1.50. The van der Waals surface area contributed by atoms with Gasteiger partial charge in [0.25, 0.3) is 11.8 Å². The molecule has 1 N–H and O–H groups in total. The van der Waals surface area contributed by atoms with Crippen molar-refractivity contribution in [2.45, 2.75) is 13.5 Å². The number of nitrogens with zero attached hydrogens (tertiary/aromatic N) is 1. The number of ether oxygens (including phenoxy) is 4. The standard InChI is InChI=1S/C27H22N2O7/c1-16-3-7-19(8-4-16)29-26(31)20(25(30)28-27(29)32)11-17-5-9-21(23(12-17)33-2)34-14-18-6-10-22-24(13-18)36-15-35-22/h3-13H,14-15H2,1-2H3,(H,28,30,32)/b20-11+. The van der Waals surface area contributed by atoms with Gasteiger partial charge in [0.05, 0.1) is 12.8 Å². The summed E-state index contributed by atoms with van der Waals surface area (Å²) in [6, 6.07) is 16.6. The van der Waals surface area contributed by atoms with Crippen molar-refractivity contribution < 1.29 is 33.3 Å². The number of hydrogen-bond acceptors (Lipinski definition) is 7. The molecule has 0 unspecified atom stereocenters. The van der Waals surface area contributed by atoms with Crippen LogP contribution in [0.3, 0.4) is 0 Å². The summed E-state index contributed by atoms with van der Waals surface area (Å²) in [5.74, 6) is 0.773. The molecule has 0 aromatic heterocycles. The molecule has 0 bridgehead atoms. The van der Waals surface area contributed by atoms with Gasteiger partial charge in [-0.3, -0.25) is 14.9 Å². The molecule has 0 spiro atoms. The lowest BCUT2D eigenvalue weighted by Crippen LogP contribution is -2.54. The van der Waals surface area contributed by atoms with Gasteiger partial charge in [0.15, 0.2) is 23.0 Å². The van der Waals surface area contributed by atoms with E-state index >= 15 is 0 Å². The molecule has 2 aliphatic heterocycles. The molecule has 9 heteroatoms. The number of fused-ring (bicyclic) bond motifs is 1. The van der Waals surface area contributed by atoms with Crippen molar-refractivity contribution in [3.8, 4) is 23.0 Å². The van der Waals surface area contributed by atoms with Gasteiger partial charge in [-0.05, 0) is 60.5 Å². The maximum Gasteiger partial charge on any atom is 0.335 e. The number of methoxy groups -OCH3 is 1. The van der Waals surface area contributed by atoms with Gasteiger partial charge in [-0.15, -0.1) is 0 Å². The Bertz CT molecular complexity index is 1400. The van der Waals surface area contributed by atoms with Crippen molar-refractivity contribution in [1.82, 2.24) is 5.32 Å². The molecule has 36 heavy (non-hydrogen) atoms. The summed E-state index contributed by atoms with van der Waals surface area (Å²) in [6.07, 6.45) is 1.41. The maximum atomic E-state index is 13.1. The van der Waals surface area contributed by atoms with Crippen molar-refractivity contribution in [2.75, 3.05) is 18.8 Å². The second-order valence-corrected chi connectivity index (χ2v) is 8.18. The average molecular weight is 486 g/mol.